The van der Waals surface area contributed by atoms with Crippen LogP contribution in [-0.2, 0) is 0 Å². The first-order valence-corrected chi connectivity index (χ1v) is 5.98. The van der Waals surface area contributed by atoms with Gasteiger partial charge in [-0.25, -0.2) is 4.79 Å². The second kappa shape index (κ2) is 5.76. The van der Waals surface area contributed by atoms with Gasteiger partial charge in [-0.1, -0.05) is 41.4 Å². The second-order valence-corrected chi connectivity index (χ2v) is 4.48. The van der Waals surface area contributed by atoms with Gasteiger partial charge in [0.1, 0.15) is 0 Å². The van der Waals surface area contributed by atoms with E-state index in [9.17, 15) is 4.79 Å². The van der Waals surface area contributed by atoms with Crippen LogP contribution in [0.2, 0.25) is 10.0 Å². The molecule has 0 fully saturated rings. The molecule has 5 heteroatoms. The first-order valence-electron chi connectivity index (χ1n) is 5.22. The van der Waals surface area contributed by atoms with Gasteiger partial charge >= 0.3 is 6.03 Å². The highest BCUT2D eigenvalue weighted by Gasteiger charge is 2.04. The van der Waals surface area contributed by atoms with Crippen LogP contribution in [0, 0.1) is 0 Å². The summed E-state index contributed by atoms with van der Waals surface area (Å²) in [6, 6.07) is 13.6. The number of hydrogen-bond donors (Lipinski definition) is 2. The van der Waals surface area contributed by atoms with E-state index in [1.54, 1.807) is 30.3 Å². The molecule has 2 aromatic rings. The van der Waals surface area contributed by atoms with Crippen LogP contribution in [0.1, 0.15) is 0 Å². The van der Waals surface area contributed by atoms with Gasteiger partial charge in [0.15, 0.2) is 0 Å². The van der Waals surface area contributed by atoms with Crippen LogP contribution in [0.15, 0.2) is 48.5 Å². The Balaban J connectivity index is 2.03. The van der Waals surface area contributed by atoms with Gasteiger partial charge in [0.25, 0.3) is 0 Å². The van der Waals surface area contributed by atoms with E-state index in [1.807, 2.05) is 18.2 Å². The fourth-order valence-corrected chi connectivity index (χ4v) is 1.97. The van der Waals surface area contributed by atoms with Crippen LogP contribution in [0.3, 0.4) is 0 Å². The molecule has 0 aromatic heterocycles. The fourth-order valence-electron chi connectivity index (χ4n) is 1.44. The fraction of sp³-hybridized carbons (Fsp3) is 0. The molecule has 0 atom stereocenters. The number of halogens is 2. The summed E-state index contributed by atoms with van der Waals surface area (Å²) in [6.45, 7) is 0. The average molecular weight is 281 g/mol. The third-order valence-corrected chi connectivity index (χ3v) is 2.59. The summed E-state index contributed by atoms with van der Waals surface area (Å²) in [4.78, 5) is 11.7. The van der Waals surface area contributed by atoms with E-state index in [0.29, 0.717) is 21.4 Å². The number of hydrogen-bond acceptors (Lipinski definition) is 1. The Labute approximate surface area is 115 Å². The Bertz CT molecular complexity index is 538. The highest BCUT2D eigenvalue weighted by Crippen LogP contribution is 2.22. The molecule has 0 saturated carbocycles. The first kappa shape index (κ1) is 12.7. The van der Waals surface area contributed by atoms with E-state index in [2.05, 4.69) is 10.6 Å². The van der Waals surface area contributed by atoms with Crippen LogP contribution in [-0.4, -0.2) is 6.03 Å². The van der Waals surface area contributed by atoms with Crippen molar-refractivity contribution < 1.29 is 4.79 Å². The zero-order valence-corrected chi connectivity index (χ0v) is 10.8. The molecule has 0 aliphatic heterocycles. The van der Waals surface area contributed by atoms with Crippen LogP contribution >= 0.6 is 23.2 Å². The SMILES string of the molecule is O=C(Nc1ccccc1)Nc1cc(Cl)cc(Cl)c1. The molecule has 2 rings (SSSR count). The molecule has 0 aliphatic carbocycles. The van der Waals surface area contributed by atoms with Crippen molar-refractivity contribution in [1.82, 2.24) is 0 Å². The maximum atomic E-state index is 11.7. The van der Waals surface area contributed by atoms with E-state index < -0.39 is 0 Å². The third-order valence-electron chi connectivity index (χ3n) is 2.15. The second-order valence-electron chi connectivity index (χ2n) is 3.60. The summed E-state index contributed by atoms with van der Waals surface area (Å²) >= 11 is 11.7. The molecule has 2 amide bonds. The normalized spacial score (nSPS) is 9.89. The minimum absolute atomic E-state index is 0.348. The molecule has 2 aromatic carbocycles. The smallest absolute Gasteiger partial charge is 0.308 e. The Morgan fingerprint density at radius 2 is 1.39 bits per heavy atom. The lowest BCUT2D eigenvalue weighted by Gasteiger charge is -2.08. The molecule has 0 radical (unpaired) electrons. The summed E-state index contributed by atoms with van der Waals surface area (Å²) in [5.74, 6) is 0. The average Bonchev–Trinajstić information content (AvgIpc) is 2.28. The first-order chi connectivity index (χ1) is 8.63. The lowest BCUT2D eigenvalue weighted by molar-refractivity contribution is 0.262. The number of benzene rings is 2. The highest BCUT2D eigenvalue weighted by molar-refractivity contribution is 6.35. The van der Waals surface area contributed by atoms with Crippen LogP contribution in [0.4, 0.5) is 16.2 Å². The highest BCUT2D eigenvalue weighted by atomic mass is 35.5. The van der Waals surface area contributed by atoms with Gasteiger partial charge in [0.2, 0.25) is 0 Å². The lowest BCUT2D eigenvalue weighted by Crippen LogP contribution is -2.19. The molecular weight excluding hydrogens is 271 g/mol. The Morgan fingerprint density at radius 1 is 0.833 bits per heavy atom. The zero-order chi connectivity index (χ0) is 13.0. The molecule has 0 unspecified atom stereocenters. The van der Waals surface area contributed by atoms with Gasteiger partial charge in [-0.05, 0) is 30.3 Å². The summed E-state index contributed by atoms with van der Waals surface area (Å²) < 4.78 is 0. The Morgan fingerprint density at radius 3 is 2.00 bits per heavy atom. The van der Waals surface area contributed by atoms with E-state index in [0.717, 1.165) is 0 Å². The maximum Gasteiger partial charge on any atom is 0.323 e. The van der Waals surface area contributed by atoms with E-state index in [1.165, 1.54) is 0 Å². The number of carbonyl (C=O) groups is 1. The van der Waals surface area contributed by atoms with Crippen molar-refractivity contribution in [3.05, 3.63) is 58.6 Å². The Kier molecular flexibility index (Phi) is 4.07. The van der Waals surface area contributed by atoms with Crippen LogP contribution in [0.25, 0.3) is 0 Å². The van der Waals surface area contributed by atoms with Crippen molar-refractivity contribution in [3.63, 3.8) is 0 Å². The summed E-state index contributed by atoms with van der Waals surface area (Å²) in [6.07, 6.45) is 0. The Hall–Kier alpha value is -1.71. The van der Waals surface area contributed by atoms with Crippen molar-refractivity contribution in [2.75, 3.05) is 10.6 Å². The number of anilines is 2. The predicted octanol–water partition coefficient (Wildman–Crippen LogP) is 4.64. The quantitative estimate of drug-likeness (QED) is 0.827. The number of rotatable bonds is 2. The topological polar surface area (TPSA) is 41.1 Å². The van der Waals surface area contributed by atoms with Crippen LogP contribution in [0.5, 0.6) is 0 Å². The predicted molar refractivity (Wildman–Crippen MR) is 75.5 cm³/mol. The van der Waals surface area contributed by atoms with E-state index in [4.69, 9.17) is 23.2 Å². The molecule has 92 valence electrons. The summed E-state index contributed by atoms with van der Waals surface area (Å²) in [5.41, 5.74) is 1.25. The van der Waals surface area contributed by atoms with E-state index >= 15 is 0 Å². The molecule has 3 nitrogen and oxygen atoms in total. The van der Waals surface area contributed by atoms with Crippen molar-refractivity contribution >= 4 is 40.6 Å². The van der Waals surface area contributed by atoms with Crippen molar-refractivity contribution in [1.29, 1.82) is 0 Å². The largest absolute Gasteiger partial charge is 0.323 e. The van der Waals surface area contributed by atoms with Gasteiger partial charge in [0, 0.05) is 21.4 Å². The van der Waals surface area contributed by atoms with E-state index in [-0.39, 0.29) is 6.03 Å². The van der Waals surface area contributed by atoms with Gasteiger partial charge < -0.3 is 10.6 Å². The summed E-state index contributed by atoms with van der Waals surface area (Å²) in [5, 5.41) is 6.29. The zero-order valence-electron chi connectivity index (χ0n) is 9.28. The number of nitrogens with one attached hydrogen (secondary N) is 2. The number of urea groups is 1. The monoisotopic (exact) mass is 280 g/mol. The molecule has 0 saturated heterocycles. The number of carbonyl (C=O) groups excluding carboxylic acids is 1. The minimum Gasteiger partial charge on any atom is -0.308 e. The van der Waals surface area contributed by atoms with Gasteiger partial charge in [0.05, 0.1) is 0 Å². The molecule has 0 bridgehead atoms. The van der Waals surface area contributed by atoms with Gasteiger partial charge in [-0.3, -0.25) is 0 Å². The van der Waals surface area contributed by atoms with Crippen molar-refractivity contribution in [2.45, 2.75) is 0 Å². The van der Waals surface area contributed by atoms with Crippen molar-refractivity contribution in [3.8, 4) is 0 Å². The molecule has 0 aliphatic rings. The van der Waals surface area contributed by atoms with Gasteiger partial charge in [-0.15, -0.1) is 0 Å². The van der Waals surface area contributed by atoms with Crippen molar-refractivity contribution in [2.24, 2.45) is 0 Å². The standard InChI is InChI=1S/C13H10Cl2N2O/c14-9-6-10(15)8-12(7-9)17-13(18)16-11-4-2-1-3-5-11/h1-8H,(H2,16,17,18). The molecule has 18 heavy (non-hydrogen) atoms. The van der Waals surface area contributed by atoms with Crippen LogP contribution < -0.4 is 10.6 Å². The maximum absolute atomic E-state index is 11.7. The number of para-hydroxylation sites is 1. The van der Waals surface area contributed by atoms with Gasteiger partial charge in [-0.2, -0.15) is 0 Å². The third kappa shape index (κ3) is 3.65. The minimum atomic E-state index is -0.348. The molecular formula is C13H10Cl2N2O. The molecule has 2 N–H and O–H groups in total. The molecule has 0 spiro atoms. The summed E-state index contributed by atoms with van der Waals surface area (Å²) in [7, 11) is 0. The number of amides is 2. The lowest BCUT2D eigenvalue weighted by atomic mass is 10.3. The molecule has 0 heterocycles.